The maximum absolute atomic E-state index is 10.4. The fourth-order valence-corrected chi connectivity index (χ4v) is 2.41. The Hall–Kier alpha value is -0.610. The molecule has 0 radical (unpaired) electrons. The van der Waals surface area contributed by atoms with E-state index in [1.165, 1.54) is 44.9 Å². The molecule has 0 aromatic heterocycles. The number of hydrogen-bond donors (Lipinski definition) is 3. The summed E-state index contributed by atoms with van der Waals surface area (Å²) in [5.41, 5.74) is 0. The van der Waals surface area contributed by atoms with Crippen molar-refractivity contribution in [1.82, 2.24) is 0 Å². The normalized spacial score (nSPS) is 14.2. The maximum atomic E-state index is 10.4. The van der Waals surface area contributed by atoms with E-state index in [1.807, 2.05) is 0 Å². The van der Waals surface area contributed by atoms with Gasteiger partial charge in [-0.25, -0.2) is 0 Å². The van der Waals surface area contributed by atoms with Crippen molar-refractivity contribution in [2.75, 3.05) is 0 Å². The summed E-state index contributed by atoms with van der Waals surface area (Å²) in [4.78, 5) is 10.4. The summed E-state index contributed by atoms with van der Waals surface area (Å²) in [6, 6.07) is 0. The van der Waals surface area contributed by atoms with Gasteiger partial charge in [0.25, 0.3) is 0 Å². The molecule has 0 heterocycles. The van der Waals surface area contributed by atoms with Gasteiger partial charge in [-0.1, -0.05) is 64.7 Å². The molecule has 0 aliphatic carbocycles. The van der Waals surface area contributed by atoms with E-state index < -0.39 is 18.2 Å². The van der Waals surface area contributed by atoms with E-state index in [9.17, 15) is 15.0 Å². The molecule has 0 fully saturated rings. The first-order chi connectivity index (χ1) is 9.56. The van der Waals surface area contributed by atoms with Crippen LogP contribution in [0.15, 0.2) is 0 Å². The lowest BCUT2D eigenvalue weighted by atomic mass is 10.0. The molecule has 0 aliphatic rings. The molecule has 3 N–H and O–H groups in total. The quantitative estimate of drug-likeness (QED) is 0.428. The van der Waals surface area contributed by atoms with Gasteiger partial charge in [-0.3, -0.25) is 4.79 Å². The largest absolute Gasteiger partial charge is 0.481 e. The lowest BCUT2D eigenvalue weighted by Gasteiger charge is -2.14. The standard InChI is InChI=1S/C16H32O4/c1-2-3-4-5-6-7-8-9-10-11-14(17)12-15(18)13-16(19)20/h14-15,17-18H,2-13H2,1H3,(H,19,20). The number of rotatable bonds is 14. The highest BCUT2D eigenvalue weighted by atomic mass is 16.4. The summed E-state index contributed by atoms with van der Waals surface area (Å²) in [7, 11) is 0. The molecule has 120 valence electrons. The van der Waals surface area contributed by atoms with Crippen LogP contribution in [0.2, 0.25) is 0 Å². The number of carbonyl (C=O) groups is 1. The van der Waals surface area contributed by atoms with E-state index in [4.69, 9.17) is 5.11 Å². The molecular formula is C16H32O4. The molecule has 0 bridgehead atoms. The minimum absolute atomic E-state index is 0.170. The van der Waals surface area contributed by atoms with Crippen LogP contribution in [0, 0.1) is 0 Å². The highest BCUT2D eigenvalue weighted by Gasteiger charge is 2.14. The Balaban J connectivity index is 3.30. The second kappa shape index (κ2) is 13.4. The van der Waals surface area contributed by atoms with Crippen LogP contribution in [0.3, 0.4) is 0 Å². The number of aliphatic hydroxyl groups is 2. The van der Waals surface area contributed by atoms with Crippen LogP contribution in [0.4, 0.5) is 0 Å². The summed E-state index contributed by atoms with van der Waals surface area (Å²) in [5, 5.41) is 27.6. The first-order valence-corrected chi connectivity index (χ1v) is 8.14. The van der Waals surface area contributed by atoms with E-state index in [2.05, 4.69) is 6.92 Å². The molecule has 0 amide bonds. The van der Waals surface area contributed by atoms with Gasteiger partial charge in [0.2, 0.25) is 0 Å². The summed E-state index contributed by atoms with van der Waals surface area (Å²) in [5.74, 6) is -1.02. The van der Waals surface area contributed by atoms with Gasteiger partial charge in [0, 0.05) is 0 Å². The van der Waals surface area contributed by atoms with E-state index in [0.717, 1.165) is 12.8 Å². The highest BCUT2D eigenvalue weighted by Crippen LogP contribution is 2.13. The average molecular weight is 288 g/mol. The maximum Gasteiger partial charge on any atom is 0.305 e. The number of carboxylic acid groups (broad SMARTS) is 1. The first kappa shape index (κ1) is 19.4. The predicted octanol–water partition coefficient (Wildman–Crippen LogP) is 3.49. The van der Waals surface area contributed by atoms with E-state index in [0.29, 0.717) is 6.42 Å². The Morgan fingerprint density at radius 2 is 1.35 bits per heavy atom. The monoisotopic (exact) mass is 288 g/mol. The number of unbranched alkanes of at least 4 members (excludes halogenated alkanes) is 8. The summed E-state index contributed by atoms with van der Waals surface area (Å²) >= 11 is 0. The molecule has 0 spiro atoms. The Morgan fingerprint density at radius 3 is 1.85 bits per heavy atom. The summed E-state index contributed by atoms with van der Waals surface area (Å²) in [6.45, 7) is 2.22. The van der Waals surface area contributed by atoms with Gasteiger partial charge >= 0.3 is 5.97 Å². The van der Waals surface area contributed by atoms with Crippen LogP contribution in [-0.4, -0.2) is 33.5 Å². The first-order valence-electron chi connectivity index (χ1n) is 8.14. The topological polar surface area (TPSA) is 77.8 Å². The number of aliphatic hydroxyl groups excluding tert-OH is 2. The number of carboxylic acids is 1. The van der Waals surface area contributed by atoms with Crippen LogP contribution >= 0.6 is 0 Å². The van der Waals surface area contributed by atoms with Crippen LogP contribution in [0.1, 0.15) is 84.0 Å². The highest BCUT2D eigenvalue weighted by molar-refractivity contribution is 5.67. The molecule has 20 heavy (non-hydrogen) atoms. The molecule has 4 heteroatoms. The molecule has 0 aliphatic heterocycles. The zero-order valence-electron chi connectivity index (χ0n) is 12.9. The lowest BCUT2D eigenvalue weighted by Crippen LogP contribution is -2.20. The van der Waals surface area contributed by atoms with Crippen molar-refractivity contribution in [3.05, 3.63) is 0 Å². The van der Waals surface area contributed by atoms with Gasteiger partial charge in [0.05, 0.1) is 18.6 Å². The molecule has 4 nitrogen and oxygen atoms in total. The van der Waals surface area contributed by atoms with Gasteiger partial charge in [-0.15, -0.1) is 0 Å². The second-order valence-electron chi connectivity index (χ2n) is 5.76. The van der Waals surface area contributed by atoms with Gasteiger partial charge in [-0.2, -0.15) is 0 Å². The van der Waals surface area contributed by atoms with E-state index in [1.54, 1.807) is 0 Å². The zero-order valence-corrected chi connectivity index (χ0v) is 12.9. The third kappa shape index (κ3) is 13.8. The predicted molar refractivity (Wildman–Crippen MR) is 80.7 cm³/mol. The van der Waals surface area contributed by atoms with E-state index in [-0.39, 0.29) is 12.8 Å². The molecule has 0 aromatic rings. The number of aliphatic carboxylic acids is 1. The summed E-state index contributed by atoms with van der Waals surface area (Å²) in [6.07, 6.45) is 10.2. The average Bonchev–Trinajstić information content (AvgIpc) is 2.35. The third-order valence-corrected chi connectivity index (χ3v) is 3.60. The smallest absolute Gasteiger partial charge is 0.305 e. The van der Waals surface area contributed by atoms with Gasteiger partial charge in [0.1, 0.15) is 0 Å². The Morgan fingerprint density at radius 1 is 0.850 bits per heavy atom. The Kier molecular flexibility index (Phi) is 13.0. The third-order valence-electron chi connectivity index (χ3n) is 3.60. The zero-order chi connectivity index (χ0) is 15.2. The van der Waals surface area contributed by atoms with Crippen molar-refractivity contribution in [1.29, 1.82) is 0 Å². The van der Waals surface area contributed by atoms with Crippen molar-refractivity contribution < 1.29 is 20.1 Å². The molecule has 2 atom stereocenters. The summed E-state index contributed by atoms with van der Waals surface area (Å²) < 4.78 is 0. The van der Waals surface area contributed by atoms with Crippen molar-refractivity contribution in [3.8, 4) is 0 Å². The fraction of sp³-hybridized carbons (Fsp3) is 0.938. The second-order valence-corrected chi connectivity index (χ2v) is 5.76. The Bertz CT molecular complexity index is 231. The molecule has 0 rings (SSSR count). The van der Waals surface area contributed by atoms with Crippen molar-refractivity contribution in [3.63, 3.8) is 0 Å². The SMILES string of the molecule is CCCCCCCCCCCC(O)CC(O)CC(=O)O. The van der Waals surface area contributed by atoms with Gasteiger partial charge < -0.3 is 15.3 Å². The van der Waals surface area contributed by atoms with Gasteiger partial charge in [-0.05, 0) is 12.8 Å². The molecule has 0 aromatic carbocycles. The van der Waals surface area contributed by atoms with E-state index >= 15 is 0 Å². The molecule has 0 saturated carbocycles. The van der Waals surface area contributed by atoms with Crippen molar-refractivity contribution in [2.24, 2.45) is 0 Å². The fourth-order valence-electron chi connectivity index (χ4n) is 2.41. The molecular weight excluding hydrogens is 256 g/mol. The van der Waals surface area contributed by atoms with Crippen molar-refractivity contribution >= 4 is 5.97 Å². The van der Waals surface area contributed by atoms with Gasteiger partial charge in [0.15, 0.2) is 0 Å². The Labute approximate surface area is 123 Å². The lowest BCUT2D eigenvalue weighted by molar-refractivity contribution is -0.139. The molecule has 0 saturated heterocycles. The van der Waals surface area contributed by atoms with Crippen molar-refractivity contribution in [2.45, 2.75) is 96.2 Å². The number of hydrogen-bond acceptors (Lipinski definition) is 3. The van der Waals surface area contributed by atoms with Crippen LogP contribution in [0.5, 0.6) is 0 Å². The van der Waals surface area contributed by atoms with Crippen LogP contribution in [0.25, 0.3) is 0 Å². The van der Waals surface area contributed by atoms with Crippen LogP contribution in [-0.2, 0) is 4.79 Å². The van der Waals surface area contributed by atoms with Crippen LogP contribution < -0.4 is 0 Å². The molecule has 2 unspecified atom stereocenters. The minimum atomic E-state index is -1.02. The minimum Gasteiger partial charge on any atom is -0.481 e.